The van der Waals surface area contributed by atoms with Crippen LogP contribution in [0.2, 0.25) is 0 Å². The number of nitrogens with one attached hydrogen (secondary N) is 1. The molecular weight excluding hydrogens is 456 g/mol. The normalized spacial score (nSPS) is 11.3. The standard InChI is InChI=1S/C28H32N4O2S/c1-6-32(7-2)14-15-34-28(33)21-10-12-23(13-11-21)31-26-25-24(20(5)35-27(25)30-17-29-26)22-9-8-18(3)19(4)16-22/h8-13,16-17H,6-7,14-15H2,1-5H3,(H,29,30,31). The molecule has 7 heteroatoms. The van der Waals surface area contributed by atoms with Gasteiger partial charge in [-0.1, -0.05) is 32.0 Å². The van der Waals surface area contributed by atoms with Gasteiger partial charge in [0.2, 0.25) is 0 Å². The Kier molecular flexibility index (Phi) is 7.78. The number of esters is 1. The van der Waals surface area contributed by atoms with Crippen LogP contribution in [0.4, 0.5) is 11.5 Å². The first-order valence-electron chi connectivity index (χ1n) is 12.0. The lowest BCUT2D eigenvalue weighted by Gasteiger charge is -2.17. The molecule has 0 bridgehead atoms. The molecule has 0 fully saturated rings. The van der Waals surface area contributed by atoms with Gasteiger partial charge in [0.05, 0.1) is 10.9 Å². The van der Waals surface area contributed by atoms with Gasteiger partial charge in [0, 0.05) is 22.7 Å². The van der Waals surface area contributed by atoms with E-state index in [1.807, 2.05) is 12.1 Å². The van der Waals surface area contributed by atoms with Crippen molar-refractivity contribution >= 4 is 39.0 Å². The quantitative estimate of drug-likeness (QED) is 0.270. The highest BCUT2D eigenvalue weighted by atomic mass is 32.1. The van der Waals surface area contributed by atoms with Crippen LogP contribution in [0.15, 0.2) is 48.8 Å². The molecule has 2 aromatic carbocycles. The first kappa shape index (κ1) is 24.8. The van der Waals surface area contributed by atoms with E-state index in [0.29, 0.717) is 12.2 Å². The average molecular weight is 489 g/mol. The largest absolute Gasteiger partial charge is 0.461 e. The number of rotatable bonds is 9. The van der Waals surface area contributed by atoms with Crippen molar-refractivity contribution in [1.82, 2.24) is 14.9 Å². The fourth-order valence-corrected chi connectivity index (χ4v) is 5.11. The van der Waals surface area contributed by atoms with E-state index >= 15 is 0 Å². The summed E-state index contributed by atoms with van der Waals surface area (Å²) < 4.78 is 5.44. The third kappa shape index (κ3) is 5.52. The van der Waals surface area contributed by atoms with Crippen LogP contribution in [0.5, 0.6) is 0 Å². The molecule has 0 atom stereocenters. The Hall–Kier alpha value is -3.29. The van der Waals surface area contributed by atoms with Gasteiger partial charge in [0.1, 0.15) is 23.6 Å². The minimum atomic E-state index is -0.307. The number of likely N-dealkylation sites (N-methyl/N-ethyl adjacent to an activating group) is 1. The molecule has 4 aromatic rings. The molecule has 182 valence electrons. The fraction of sp³-hybridized carbons (Fsp3) is 0.321. The highest BCUT2D eigenvalue weighted by Crippen LogP contribution is 2.41. The van der Waals surface area contributed by atoms with Crippen molar-refractivity contribution in [3.8, 4) is 11.1 Å². The maximum absolute atomic E-state index is 12.4. The minimum absolute atomic E-state index is 0.307. The van der Waals surface area contributed by atoms with Crippen LogP contribution in [-0.4, -0.2) is 47.1 Å². The van der Waals surface area contributed by atoms with E-state index in [9.17, 15) is 4.79 Å². The molecule has 0 aliphatic carbocycles. The molecule has 2 aromatic heterocycles. The zero-order valence-electron chi connectivity index (χ0n) is 21.0. The molecule has 0 saturated carbocycles. The number of aromatic nitrogens is 2. The summed E-state index contributed by atoms with van der Waals surface area (Å²) in [5, 5.41) is 4.44. The number of aryl methyl sites for hydroxylation is 3. The van der Waals surface area contributed by atoms with Gasteiger partial charge < -0.3 is 15.0 Å². The smallest absolute Gasteiger partial charge is 0.338 e. The highest BCUT2D eigenvalue weighted by molar-refractivity contribution is 7.19. The molecule has 1 N–H and O–H groups in total. The van der Waals surface area contributed by atoms with Crippen molar-refractivity contribution in [3.05, 3.63) is 70.4 Å². The van der Waals surface area contributed by atoms with Crippen molar-refractivity contribution in [1.29, 1.82) is 0 Å². The number of thiophene rings is 1. The Morgan fingerprint density at radius 1 is 1.00 bits per heavy atom. The SMILES string of the molecule is CCN(CC)CCOC(=O)c1ccc(Nc2ncnc3sc(C)c(-c4ccc(C)c(C)c4)c23)cc1. The second-order valence-corrected chi connectivity index (χ2v) is 9.80. The predicted octanol–water partition coefficient (Wildman–Crippen LogP) is 6.53. The van der Waals surface area contributed by atoms with Gasteiger partial charge in [-0.15, -0.1) is 11.3 Å². The summed E-state index contributed by atoms with van der Waals surface area (Å²) in [5.74, 6) is 0.445. The Labute approximate surface area is 211 Å². The van der Waals surface area contributed by atoms with Crippen molar-refractivity contribution < 1.29 is 9.53 Å². The van der Waals surface area contributed by atoms with Gasteiger partial charge >= 0.3 is 5.97 Å². The van der Waals surface area contributed by atoms with E-state index in [4.69, 9.17) is 4.74 Å². The topological polar surface area (TPSA) is 67.3 Å². The monoisotopic (exact) mass is 488 g/mol. The minimum Gasteiger partial charge on any atom is -0.461 e. The average Bonchev–Trinajstić information content (AvgIpc) is 3.20. The van der Waals surface area contributed by atoms with Crippen molar-refractivity contribution in [2.45, 2.75) is 34.6 Å². The van der Waals surface area contributed by atoms with Crippen LogP contribution in [0.25, 0.3) is 21.3 Å². The number of fused-ring (bicyclic) bond motifs is 1. The highest BCUT2D eigenvalue weighted by Gasteiger charge is 2.17. The maximum atomic E-state index is 12.4. The van der Waals surface area contributed by atoms with Crippen LogP contribution < -0.4 is 5.32 Å². The van der Waals surface area contributed by atoms with E-state index < -0.39 is 0 Å². The van der Waals surface area contributed by atoms with E-state index in [0.717, 1.165) is 52.5 Å². The van der Waals surface area contributed by atoms with Gasteiger partial charge in [0.25, 0.3) is 0 Å². The number of nitrogens with zero attached hydrogens (tertiary/aromatic N) is 3. The molecule has 0 radical (unpaired) electrons. The zero-order chi connectivity index (χ0) is 24.9. The lowest BCUT2D eigenvalue weighted by atomic mass is 9.99. The third-order valence-corrected chi connectivity index (χ3v) is 7.39. The Morgan fingerprint density at radius 2 is 1.74 bits per heavy atom. The molecule has 0 amide bonds. The van der Waals surface area contributed by atoms with Crippen LogP contribution >= 0.6 is 11.3 Å². The number of anilines is 2. The maximum Gasteiger partial charge on any atom is 0.338 e. The molecule has 0 unspecified atom stereocenters. The summed E-state index contributed by atoms with van der Waals surface area (Å²) in [6, 6.07) is 13.9. The summed E-state index contributed by atoms with van der Waals surface area (Å²) in [4.78, 5) is 25.9. The Morgan fingerprint density at radius 3 is 2.43 bits per heavy atom. The number of ether oxygens (including phenoxy) is 1. The molecule has 0 saturated heterocycles. The first-order chi connectivity index (χ1) is 16.9. The molecular formula is C28H32N4O2S. The van der Waals surface area contributed by atoms with Crippen LogP contribution in [0.1, 0.15) is 40.2 Å². The molecule has 0 aliphatic heterocycles. The summed E-state index contributed by atoms with van der Waals surface area (Å²) in [6.07, 6.45) is 1.59. The van der Waals surface area contributed by atoms with E-state index in [-0.39, 0.29) is 5.97 Å². The molecule has 0 spiro atoms. The van der Waals surface area contributed by atoms with Gasteiger partial charge in [-0.05, 0) is 74.8 Å². The van der Waals surface area contributed by atoms with Crippen LogP contribution in [0.3, 0.4) is 0 Å². The number of hydrogen-bond acceptors (Lipinski definition) is 7. The van der Waals surface area contributed by atoms with Crippen molar-refractivity contribution in [2.75, 3.05) is 31.6 Å². The van der Waals surface area contributed by atoms with Gasteiger partial charge in [-0.2, -0.15) is 0 Å². The number of carbonyl (C=O) groups is 1. The second kappa shape index (κ2) is 11.0. The van der Waals surface area contributed by atoms with E-state index in [2.05, 4.69) is 73.0 Å². The Balaban J connectivity index is 1.55. The molecule has 4 rings (SSSR count). The van der Waals surface area contributed by atoms with Crippen LogP contribution in [-0.2, 0) is 4.74 Å². The number of benzene rings is 2. The number of carbonyl (C=O) groups excluding carboxylic acids is 1. The summed E-state index contributed by atoms with van der Waals surface area (Å²) >= 11 is 1.67. The molecule has 0 aliphatic rings. The van der Waals surface area contributed by atoms with Crippen LogP contribution in [0, 0.1) is 20.8 Å². The fourth-order valence-electron chi connectivity index (χ4n) is 4.10. The lowest BCUT2D eigenvalue weighted by Crippen LogP contribution is -2.27. The van der Waals surface area contributed by atoms with Gasteiger partial charge in [-0.25, -0.2) is 14.8 Å². The summed E-state index contributed by atoms with van der Waals surface area (Å²) in [7, 11) is 0. The third-order valence-electron chi connectivity index (χ3n) is 6.38. The second-order valence-electron chi connectivity index (χ2n) is 8.60. The first-order valence-corrected chi connectivity index (χ1v) is 12.8. The van der Waals surface area contributed by atoms with Crippen molar-refractivity contribution in [3.63, 3.8) is 0 Å². The molecule has 6 nitrogen and oxygen atoms in total. The van der Waals surface area contributed by atoms with E-state index in [1.54, 1.807) is 29.8 Å². The summed E-state index contributed by atoms with van der Waals surface area (Å²) in [6.45, 7) is 13.6. The van der Waals surface area contributed by atoms with Crippen molar-refractivity contribution in [2.24, 2.45) is 0 Å². The van der Waals surface area contributed by atoms with Gasteiger partial charge in [-0.3, -0.25) is 0 Å². The molecule has 2 heterocycles. The number of hydrogen-bond donors (Lipinski definition) is 1. The molecule has 35 heavy (non-hydrogen) atoms. The predicted molar refractivity (Wildman–Crippen MR) is 145 cm³/mol. The lowest BCUT2D eigenvalue weighted by molar-refractivity contribution is 0.0466. The van der Waals surface area contributed by atoms with E-state index in [1.165, 1.54) is 16.0 Å². The van der Waals surface area contributed by atoms with Gasteiger partial charge in [0.15, 0.2) is 0 Å². The Bertz CT molecular complexity index is 1330. The zero-order valence-corrected chi connectivity index (χ0v) is 21.8. The summed E-state index contributed by atoms with van der Waals surface area (Å²) in [5.41, 5.74) is 6.23.